The molecule has 4 heteroatoms. The first-order valence-electron chi connectivity index (χ1n) is 4.17. The fourth-order valence-electron chi connectivity index (χ4n) is 1.15. The van der Waals surface area contributed by atoms with E-state index in [1.807, 2.05) is 18.9 Å². The summed E-state index contributed by atoms with van der Waals surface area (Å²) in [5.74, 6) is 0. The molecule has 0 heterocycles. The van der Waals surface area contributed by atoms with E-state index in [2.05, 4.69) is 6.58 Å². The lowest BCUT2D eigenvalue weighted by Gasteiger charge is -2.30. The van der Waals surface area contributed by atoms with Gasteiger partial charge in [-0.05, 0) is 7.05 Å². The Balaban J connectivity index is 4.01. The van der Waals surface area contributed by atoms with Crippen LogP contribution in [-0.2, 0) is 0 Å². The maximum Gasteiger partial charge on any atom is 0.0519 e. The van der Waals surface area contributed by atoms with Gasteiger partial charge >= 0.3 is 0 Å². The summed E-state index contributed by atoms with van der Waals surface area (Å²) in [5, 5.41) is 18.6. The molecule has 0 rings (SSSR count). The highest BCUT2D eigenvalue weighted by molar-refractivity contribution is 6.29. The summed E-state index contributed by atoms with van der Waals surface area (Å²) < 4.78 is 0. The van der Waals surface area contributed by atoms with Crippen molar-refractivity contribution in [2.75, 3.05) is 33.4 Å². The number of aliphatic hydroxyl groups is 2. The Bertz CT molecular complexity index is 169. The van der Waals surface area contributed by atoms with E-state index in [1.54, 1.807) is 0 Å². The Morgan fingerprint density at radius 2 is 1.92 bits per heavy atom. The molecule has 0 spiro atoms. The van der Waals surface area contributed by atoms with Gasteiger partial charge in [-0.3, -0.25) is 0 Å². The van der Waals surface area contributed by atoms with E-state index in [4.69, 9.17) is 21.8 Å². The molecule has 78 valence electrons. The molecule has 2 N–H and O–H groups in total. The van der Waals surface area contributed by atoms with Gasteiger partial charge in [0.05, 0.1) is 13.2 Å². The summed E-state index contributed by atoms with van der Waals surface area (Å²) >= 11 is 5.63. The van der Waals surface area contributed by atoms with E-state index in [0.29, 0.717) is 18.1 Å². The quantitative estimate of drug-likeness (QED) is 0.673. The molecule has 0 aromatic carbocycles. The zero-order valence-corrected chi connectivity index (χ0v) is 9.01. The third kappa shape index (κ3) is 5.26. The van der Waals surface area contributed by atoms with E-state index in [0.717, 1.165) is 0 Å². The third-order valence-electron chi connectivity index (χ3n) is 1.86. The average Bonchev–Trinajstić information content (AvgIpc) is 2.02. The zero-order valence-electron chi connectivity index (χ0n) is 8.26. The van der Waals surface area contributed by atoms with Crippen LogP contribution in [0.25, 0.3) is 0 Å². The molecule has 0 bridgehead atoms. The smallest absolute Gasteiger partial charge is 0.0519 e. The molecule has 0 aliphatic carbocycles. The Kier molecular flexibility index (Phi) is 5.56. The van der Waals surface area contributed by atoms with Gasteiger partial charge in [0.1, 0.15) is 0 Å². The predicted molar refractivity (Wildman–Crippen MR) is 54.8 cm³/mol. The molecule has 0 aromatic rings. The highest BCUT2D eigenvalue weighted by Crippen LogP contribution is 2.16. The molecule has 0 saturated carbocycles. The van der Waals surface area contributed by atoms with Crippen molar-refractivity contribution in [3.05, 3.63) is 11.6 Å². The molecule has 0 saturated heterocycles. The maximum absolute atomic E-state index is 9.03. The van der Waals surface area contributed by atoms with E-state index in [1.165, 1.54) is 0 Å². The van der Waals surface area contributed by atoms with Gasteiger partial charge in [0.15, 0.2) is 0 Å². The molecule has 0 fully saturated rings. The van der Waals surface area contributed by atoms with Crippen molar-refractivity contribution in [3.63, 3.8) is 0 Å². The predicted octanol–water partition coefficient (Wildman–Crippen LogP) is 0.662. The van der Waals surface area contributed by atoms with Crippen LogP contribution in [0.2, 0.25) is 0 Å². The molecule has 0 radical (unpaired) electrons. The standard InChI is InChI=1S/C9H18ClNO2/c1-8(10)4-11(3)5-9(2,6-12)7-13/h12-13H,1,4-7H2,2-3H3. The van der Waals surface area contributed by atoms with Crippen LogP contribution < -0.4 is 0 Å². The molecule has 0 aliphatic rings. The van der Waals surface area contributed by atoms with Crippen LogP contribution in [0.1, 0.15) is 6.92 Å². The van der Waals surface area contributed by atoms with E-state index in [9.17, 15) is 0 Å². The maximum atomic E-state index is 9.03. The SMILES string of the molecule is C=C(Cl)CN(C)CC(C)(CO)CO. The fourth-order valence-corrected chi connectivity index (χ4v) is 1.35. The van der Waals surface area contributed by atoms with Crippen LogP contribution in [0.5, 0.6) is 0 Å². The van der Waals surface area contributed by atoms with Crippen molar-refractivity contribution in [3.8, 4) is 0 Å². The van der Waals surface area contributed by atoms with E-state index < -0.39 is 5.41 Å². The Hall–Kier alpha value is -0.0900. The van der Waals surface area contributed by atoms with Gasteiger partial charge < -0.3 is 15.1 Å². The summed E-state index contributed by atoms with van der Waals surface area (Å²) in [5.41, 5.74) is -0.471. The third-order valence-corrected chi connectivity index (χ3v) is 1.98. The van der Waals surface area contributed by atoms with Crippen LogP contribution >= 0.6 is 11.6 Å². The summed E-state index contributed by atoms with van der Waals surface area (Å²) in [6.07, 6.45) is 0. The highest BCUT2D eigenvalue weighted by Gasteiger charge is 2.24. The molecular formula is C9H18ClNO2. The second-order valence-electron chi connectivity index (χ2n) is 3.82. The van der Waals surface area contributed by atoms with Gasteiger partial charge in [-0.1, -0.05) is 25.1 Å². The lowest BCUT2D eigenvalue weighted by Crippen LogP contribution is -2.39. The molecule has 0 atom stereocenters. The zero-order chi connectivity index (χ0) is 10.5. The number of likely N-dealkylation sites (N-methyl/N-ethyl adjacent to an activating group) is 1. The van der Waals surface area contributed by atoms with Crippen molar-refractivity contribution >= 4 is 11.6 Å². The first-order chi connectivity index (χ1) is 5.93. The highest BCUT2D eigenvalue weighted by atomic mass is 35.5. The van der Waals surface area contributed by atoms with Gasteiger partial charge in [-0.2, -0.15) is 0 Å². The van der Waals surface area contributed by atoms with Gasteiger partial charge in [0, 0.05) is 23.5 Å². The molecule has 13 heavy (non-hydrogen) atoms. The second kappa shape index (κ2) is 5.60. The molecule has 3 nitrogen and oxygen atoms in total. The first-order valence-corrected chi connectivity index (χ1v) is 4.55. The van der Waals surface area contributed by atoms with Crippen molar-refractivity contribution in [1.29, 1.82) is 0 Å². The minimum absolute atomic E-state index is 0.0391. The van der Waals surface area contributed by atoms with Gasteiger partial charge in [-0.25, -0.2) is 0 Å². The summed E-state index contributed by atoms with van der Waals surface area (Å²) in [7, 11) is 1.87. The number of hydrogen-bond donors (Lipinski definition) is 2. The van der Waals surface area contributed by atoms with Crippen LogP contribution in [-0.4, -0.2) is 48.5 Å². The van der Waals surface area contributed by atoms with Crippen LogP contribution in [0.3, 0.4) is 0 Å². The summed E-state index contributed by atoms with van der Waals surface area (Å²) in [4.78, 5) is 1.92. The van der Waals surface area contributed by atoms with Crippen molar-refractivity contribution in [2.24, 2.45) is 5.41 Å². The number of rotatable bonds is 6. The first kappa shape index (κ1) is 12.9. The normalized spacial score (nSPS) is 12.2. The van der Waals surface area contributed by atoms with E-state index >= 15 is 0 Å². The monoisotopic (exact) mass is 207 g/mol. The largest absolute Gasteiger partial charge is 0.396 e. The lowest BCUT2D eigenvalue weighted by molar-refractivity contribution is 0.0445. The number of aliphatic hydroxyl groups excluding tert-OH is 2. The number of nitrogens with zero attached hydrogens (tertiary/aromatic N) is 1. The average molecular weight is 208 g/mol. The van der Waals surface area contributed by atoms with Crippen molar-refractivity contribution < 1.29 is 10.2 Å². The Labute approximate surface area is 84.6 Å². The Morgan fingerprint density at radius 3 is 2.23 bits per heavy atom. The van der Waals surface area contributed by atoms with E-state index in [-0.39, 0.29) is 13.2 Å². The fraction of sp³-hybridized carbons (Fsp3) is 0.778. The molecular weight excluding hydrogens is 190 g/mol. The van der Waals surface area contributed by atoms with Gasteiger partial charge in [-0.15, -0.1) is 0 Å². The second-order valence-corrected chi connectivity index (χ2v) is 4.35. The van der Waals surface area contributed by atoms with Gasteiger partial charge in [0.25, 0.3) is 0 Å². The minimum Gasteiger partial charge on any atom is -0.396 e. The van der Waals surface area contributed by atoms with Crippen molar-refractivity contribution in [2.45, 2.75) is 6.92 Å². The topological polar surface area (TPSA) is 43.7 Å². The van der Waals surface area contributed by atoms with Gasteiger partial charge in [0.2, 0.25) is 0 Å². The molecule has 0 unspecified atom stereocenters. The number of halogens is 1. The summed E-state index contributed by atoms with van der Waals surface area (Å²) in [6, 6.07) is 0. The molecule has 0 aromatic heterocycles. The number of hydrogen-bond acceptors (Lipinski definition) is 3. The minimum atomic E-state index is -0.471. The Morgan fingerprint density at radius 1 is 1.46 bits per heavy atom. The lowest BCUT2D eigenvalue weighted by atomic mass is 9.92. The van der Waals surface area contributed by atoms with Crippen LogP contribution in [0.4, 0.5) is 0 Å². The molecule has 0 amide bonds. The summed E-state index contributed by atoms with van der Waals surface area (Å²) in [6.45, 7) is 6.47. The van der Waals surface area contributed by atoms with Crippen LogP contribution in [0, 0.1) is 5.41 Å². The van der Waals surface area contributed by atoms with Crippen LogP contribution in [0.15, 0.2) is 11.6 Å². The molecule has 0 aliphatic heterocycles. The van der Waals surface area contributed by atoms with Crippen molar-refractivity contribution in [1.82, 2.24) is 4.90 Å².